The van der Waals surface area contributed by atoms with Gasteiger partial charge in [-0.05, 0) is 0 Å². The molecule has 1 saturated heterocycles. The van der Waals surface area contributed by atoms with Gasteiger partial charge in [-0.3, -0.25) is 0 Å². The van der Waals surface area contributed by atoms with Crippen LogP contribution < -0.4 is 0 Å². The van der Waals surface area contributed by atoms with Crippen LogP contribution in [0.2, 0.25) is 0 Å². The van der Waals surface area contributed by atoms with Crippen LogP contribution in [0.4, 0.5) is 0 Å². The predicted octanol–water partition coefficient (Wildman–Crippen LogP) is -4.86. The van der Waals surface area contributed by atoms with Crippen LogP contribution in [0.15, 0.2) is 0 Å². The Hall–Kier alpha value is -1.40. The number of carbonyl (C=O) groups is 4. The van der Waals surface area contributed by atoms with Gasteiger partial charge in [-0.1, -0.05) is 0 Å². The molecule has 1 heterocycles. The van der Waals surface area contributed by atoms with Crippen molar-refractivity contribution < 1.29 is 53.2 Å². The number of aliphatic hydroxyl groups excluding tert-OH is 4. The van der Waals surface area contributed by atoms with E-state index in [9.17, 15) is 19.2 Å². The van der Waals surface area contributed by atoms with Crippen molar-refractivity contribution in [3.8, 4) is 0 Å². The second-order valence-corrected chi connectivity index (χ2v) is 7.44. The van der Waals surface area contributed by atoms with Crippen molar-refractivity contribution in [1.82, 2.24) is 0 Å². The van der Waals surface area contributed by atoms with Crippen molar-refractivity contribution in [2.45, 2.75) is 24.4 Å². The summed E-state index contributed by atoms with van der Waals surface area (Å²) < 4.78 is 13.0. The fourth-order valence-corrected chi connectivity index (χ4v) is 4.37. The maximum atomic E-state index is 11.3. The van der Waals surface area contributed by atoms with Gasteiger partial charge < -0.3 is 0 Å². The molecule has 0 saturated carbocycles. The summed E-state index contributed by atoms with van der Waals surface area (Å²) in [5, 5.41) is 44.7. The number of carboxylic acids is 1. The van der Waals surface area contributed by atoms with E-state index in [1.54, 1.807) is 0 Å². The zero-order valence-corrected chi connectivity index (χ0v) is 13.3. The summed E-state index contributed by atoms with van der Waals surface area (Å²) in [4.78, 5) is 44.0. The molecule has 1 aliphatic rings. The third kappa shape index (κ3) is 4.28. The van der Waals surface area contributed by atoms with Crippen LogP contribution in [0.3, 0.4) is 0 Å². The Labute approximate surface area is 125 Å². The average Bonchev–Trinajstić information content (AvgIpc) is 2.50. The van der Waals surface area contributed by atoms with Crippen molar-refractivity contribution in [1.29, 1.82) is 0 Å². The second kappa shape index (κ2) is 7.05. The summed E-state index contributed by atoms with van der Waals surface area (Å²) in [5.41, 5.74) is 0. The van der Waals surface area contributed by atoms with E-state index in [0.717, 1.165) is 0 Å². The Balaban J connectivity index is 2.74. The first-order valence-corrected chi connectivity index (χ1v) is 9.31. The van der Waals surface area contributed by atoms with Crippen LogP contribution in [-0.2, 0) is 27.6 Å². The first kappa shape index (κ1) is 17.7. The standard InChI is InChI=1S/2C4H6O6.Bi/c2*5-1(3(7)8)2(6)4(9)10;/h2*1-2,5-6H,(H,7,8)(H,9,10);/q;;+3/p-3. The zero-order valence-electron chi connectivity index (χ0n) is 9.85. The Morgan fingerprint density at radius 2 is 1.48 bits per heavy atom. The van der Waals surface area contributed by atoms with Crippen molar-refractivity contribution in [2.24, 2.45) is 0 Å². The Kier molecular flexibility index (Phi) is 5.92. The van der Waals surface area contributed by atoms with E-state index in [0.29, 0.717) is 0 Å². The molecule has 0 aromatic heterocycles. The van der Waals surface area contributed by atoms with Crippen LogP contribution in [0.5, 0.6) is 0 Å². The molecular formula is C8H9BiO12. The van der Waals surface area contributed by atoms with Gasteiger partial charge in [0.1, 0.15) is 0 Å². The monoisotopic (exact) mass is 506 g/mol. The minimum absolute atomic E-state index is 1.48. The van der Waals surface area contributed by atoms with E-state index in [4.69, 9.17) is 25.5 Å². The van der Waals surface area contributed by atoms with E-state index in [2.05, 4.69) is 8.44 Å². The van der Waals surface area contributed by atoms with Gasteiger partial charge >= 0.3 is 125 Å². The van der Waals surface area contributed by atoms with Gasteiger partial charge in [-0.25, -0.2) is 0 Å². The van der Waals surface area contributed by atoms with Gasteiger partial charge in [0, 0.05) is 0 Å². The van der Waals surface area contributed by atoms with E-state index in [-0.39, 0.29) is 0 Å². The molecular weight excluding hydrogens is 497 g/mol. The molecule has 0 radical (unpaired) electrons. The summed E-state index contributed by atoms with van der Waals surface area (Å²) in [6.45, 7) is 0. The summed E-state index contributed by atoms with van der Waals surface area (Å²) >= 11 is -4.59. The van der Waals surface area contributed by atoms with E-state index in [1.807, 2.05) is 0 Å². The molecule has 118 valence electrons. The van der Waals surface area contributed by atoms with E-state index >= 15 is 0 Å². The first-order chi connectivity index (χ1) is 9.65. The number of rotatable bonds is 4. The van der Waals surface area contributed by atoms with Crippen molar-refractivity contribution in [3.05, 3.63) is 0 Å². The first-order valence-electron chi connectivity index (χ1n) is 5.05. The number of carbonyl (C=O) groups excluding carboxylic acids is 3. The van der Waals surface area contributed by atoms with Crippen molar-refractivity contribution >= 4 is 46.9 Å². The number of hydrogen-bond donors (Lipinski definition) is 5. The number of aliphatic hydroxyl groups is 4. The Morgan fingerprint density at radius 1 is 1.05 bits per heavy atom. The minimum atomic E-state index is -4.59. The van der Waals surface area contributed by atoms with Gasteiger partial charge in [0.05, 0.1) is 0 Å². The molecule has 0 aromatic carbocycles. The fraction of sp³-hybridized carbons (Fsp3) is 0.500. The molecule has 1 aliphatic heterocycles. The van der Waals surface area contributed by atoms with Gasteiger partial charge in [-0.15, -0.1) is 0 Å². The average molecular weight is 506 g/mol. The molecule has 0 aliphatic carbocycles. The topological polar surface area (TPSA) is 197 Å². The molecule has 0 bridgehead atoms. The van der Waals surface area contributed by atoms with Crippen LogP contribution in [0, 0.1) is 0 Å². The molecule has 5 N–H and O–H groups in total. The van der Waals surface area contributed by atoms with Gasteiger partial charge in [-0.2, -0.15) is 0 Å². The molecule has 1 fully saturated rings. The normalized spacial score (nSPS) is 26.1. The summed E-state index contributed by atoms with van der Waals surface area (Å²) in [6, 6.07) is 0. The van der Waals surface area contributed by atoms with Gasteiger partial charge in [0.15, 0.2) is 0 Å². The van der Waals surface area contributed by atoms with Crippen molar-refractivity contribution in [3.63, 3.8) is 0 Å². The van der Waals surface area contributed by atoms with Gasteiger partial charge in [0.25, 0.3) is 0 Å². The van der Waals surface area contributed by atoms with Gasteiger partial charge in [0.2, 0.25) is 0 Å². The SMILES string of the molecule is O=C(O)C(O)C(O)C(=O)[O][Bi]1[O]C(=O)C(O)C(O)C(=O)[O]1. The summed E-state index contributed by atoms with van der Waals surface area (Å²) in [5.74, 6) is -6.58. The number of hydrogen-bond acceptors (Lipinski definition) is 11. The van der Waals surface area contributed by atoms with Crippen LogP contribution in [-0.4, -0.2) is 96.9 Å². The molecule has 0 spiro atoms. The fourth-order valence-electron chi connectivity index (χ4n) is 0.960. The molecule has 1 rings (SSSR count). The third-order valence-corrected chi connectivity index (χ3v) is 5.91. The van der Waals surface area contributed by atoms with Crippen molar-refractivity contribution in [2.75, 3.05) is 0 Å². The Bertz CT molecular complexity index is 440. The molecule has 13 heteroatoms. The zero-order chi connectivity index (χ0) is 16.3. The third-order valence-electron chi connectivity index (χ3n) is 2.07. The summed E-state index contributed by atoms with van der Waals surface area (Å²) in [7, 11) is 0. The molecule has 12 nitrogen and oxygen atoms in total. The molecule has 4 unspecified atom stereocenters. The van der Waals surface area contributed by atoms with Crippen LogP contribution >= 0.6 is 0 Å². The number of carboxylic acid groups (broad SMARTS) is 1. The molecule has 21 heavy (non-hydrogen) atoms. The summed E-state index contributed by atoms with van der Waals surface area (Å²) in [6.07, 6.45) is -9.47. The molecule has 0 aromatic rings. The Morgan fingerprint density at radius 3 is 1.86 bits per heavy atom. The van der Waals surface area contributed by atoms with Crippen LogP contribution in [0.1, 0.15) is 0 Å². The second-order valence-electron chi connectivity index (χ2n) is 3.57. The maximum absolute atomic E-state index is 11.3. The predicted molar refractivity (Wildman–Crippen MR) is 55.7 cm³/mol. The van der Waals surface area contributed by atoms with E-state index in [1.165, 1.54) is 0 Å². The molecule has 0 amide bonds. The quantitative estimate of drug-likeness (QED) is 0.229. The van der Waals surface area contributed by atoms with Crippen LogP contribution in [0.25, 0.3) is 0 Å². The van der Waals surface area contributed by atoms with E-state index < -0.39 is 71.4 Å². The number of aliphatic carboxylic acids is 1. The molecule has 4 atom stereocenters.